The highest BCUT2D eigenvalue weighted by molar-refractivity contribution is 5.95. The third-order valence-electron chi connectivity index (χ3n) is 4.75. The van der Waals surface area contributed by atoms with Crippen LogP contribution in [0.25, 0.3) is 0 Å². The van der Waals surface area contributed by atoms with Gasteiger partial charge in [-0.15, -0.1) is 0 Å². The van der Waals surface area contributed by atoms with E-state index in [4.69, 9.17) is 18.9 Å². The summed E-state index contributed by atoms with van der Waals surface area (Å²) in [6.45, 7) is 1.90. The lowest BCUT2D eigenvalue weighted by molar-refractivity contribution is -0.140. The average Bonchev–Trinajstić information content (AvgIpc) is 3.19. The van der Waals surface area contributed by atoms with Crippen LogP contribution in [0.15, 0.2) is 53.7 Å². The zero-order valence-electron chi connectivity index (χ0n) is 16.0. The first kappa shape index (κ1) is 18.7. The van der Waals surface area contributed by atoms with Gasteiger partial charge in [-0.25, -0.2) is 9.59 Å². The number of allylic oxidation sites excluding steroid dienone is 1. The lowest BCUT2D eigenvalue weighted by atomic mass is 9.95. The van der Waals surface area contributed by atoms with Crippen molar-refractivity contribution in [3.63, 3.8) is 0 Å². The molecule has 2 aromatic rings. The molecule has 0 fully saturated rings. The van der Waals surface area contributed by atoms with Crippen LogP contribution in [0.1, 0.15) is 24.1 Å². The molecule has 0 unspecified atom stereocenters. The Balaban J connectivity index is 1.57. The van der Waals surface area contributed by atoms with Gasteiger partial charge < -0.3 is 29.6 Å². The Morgan fingerprint density at radius 1 is 1.17 bits per heavy atom. The zero-order chi connectivity index (χ0) is 20.4. The number of fused-ring (bicyclic) bond motifs is 1. The molecular weight excluding hydrogens is 376 g/mol. The molecule has 4 rings (SSSR count). The molecule has 0 aromatic heterocycles. The molecule has 0 bridgehead atoms. The number of rotatable bonds is 5. The number of hydrogen-bond acceptors (Lipinski definition) is 6. The van der Waals surface area contributed by atoms with E-state index in [2.05, 4.69) is 10.6 Å². The van der Waals surface area contributed by atoms with Gasteiger partial charge in [0.2, 0.25) is 6.79 Å². The summed E-state index contributed by atoms with van der Waals surface area (Å²) in [7, 11) is 1.54. The molecule has 2 heterocycles. The molecule has 150 valence electrons. The first-order chi connectivity index (χ1) is 14.1. The van der Waals surface area contributed by atoms with Gasteiger partial charge in [0.1, 0.15) is 12.4 Å². The monoisotopic (exact) mass is 396 g/mol. The molecule has 0 aliphatic carbocycles. The molecular formula is C21H20N2O6. The van der Waals surface area contributed by atoms with E-state index in [1.807, 2.05) is 12.1 Å². The molecule has 8 heteroatoms. The number of benzene rings is 2. The van der Waals surface area contributed by atoms with Gasteiger partial charge in [-0.1, -0.05) is 24.3 Å². The number of amides is 2. The summed E-state index contributed by atoms with van der Waals surface area (Å²) in [5.41, 5.74) is 2.18. The predicted molar refractivity (Wildman–Crippen MR) is 102 cm³/mol. The van der Waals surface area contributed by atoms with Crippen molar-refractivity contribution in [2.45, 2.75) is 19.6 Å². The van der Waals surface area contributed by atoms with Crippen molar-refractivity contribution < 1.29 is 28.5 Å². The second kappa shape index (κ2) is 7.75. The summed E-state index contributed by atoms with van der Waals surface area (Å²) >= 11 is 0. The van der Waals surface area contributed by atoms with Crippen molar-refractivity contribution in [1.29, 1.82) is 0 Å². The maximum Gasteiger partial charge on any atom is 0.338 e. The van der Waals surface area contributed by atoms with Crippen LogP contribution in [0.5, 0.6) is 17.2 Å². The summed E-state index contributed by atoms with van der Waals surface area (Å²) in [5, 5.41) is 5.41. The lowest BCUT2D eigenvalue weighted by Gasteiger charge is -2.29. The third kappa shape index (κ3) is 3.69. The highest BCUT2D eigenvalue weighted by Gasteiger charge is 2.33. The Kier molecular flexibility index (Phi) is 4.99. The third-order valence-corrected chi connectivity index (χ3v) is 4.75. The molecule has 2 aromatic carbocycles. The molecule has 2 amide bonds. The number of carbonyl (C=O) groups is 2. The number of para-hydroxylation sites is 1. The minimum absolute atomic E-state index is 0.0544. The van der Waals surface area contributed by atoms with E-state index in [0.717, 1.165) is 5.56 Å². The summed E-state index contributed by atoms with van der Waals surface area (Å²) in [4.78, 5) is 25.0. The Morgan fingerprint density at radius 3 is 2.79 bits per heavy atom. The second-order valence-corrected chi connectivity index (χ2v) is 6.58. The molecule has 29 heavy (non-hydrogen) atoms. The molecule has 2 N–H and O–H groups in total. The molecule has 1 atom stereocenters. The van der Waals surface area contributed by atoms with E-state index >= 15 is 0 Å². The van der Waals surface area contributed by atoms with Crippen molar-refractivity contribution >= 4 is 12.0 Å². The number of carbonyl (C=O) groups excluding carboxylic acids is 2. The van der Waals surface area contributed by atoms with E-state index in [1.165, 1.54) is 7.11 Å². The maximum absolute atomic E-state index is 12.9. The summed E-state index contributed by atoms with van der Waals surface area (Å²) in [6, 6.07) is 11.5. The summed E-state index contributed by atoms with van der Waals surface area (Å²) < 4.78 is 21.6. The molecule has 0 saturated heterocycles. The van der Waals surface area contributed by atoms with E-state index in [9.17, 15) is 9.59 Å². The molecule has 8 nitrogen and oxygen atoms in total. The fourth-order valence-electron chi connectivity index (χ4n) is 3.36. The molecule has 0 radical (unpaired) electrons. The van der Waals surface area contributed by atoms with Gasteiger partial charge >= 0.3 is 12.0 Å². The minimum Gasteiger partial charge on any atom is -0.496 e. The highest BCUT2D eigenvalue weighted by Crippen LogP contribution is 2.35. The highest BCUT2D eigenvalue weighted by atomic mass is 16.7. The van der Waals surface area contributed by atoms with E-state index in [0.29, 0.717) is 34.1 Å². The van der Waals surface area contributed by atoms with E-state index in [1.54, 1.807) is 37.3 Å². The first-order valence-corrected chi connectivity index (χ1v) is 9.03. The van der Waals surface area contributed by atoms with E-state index < -0.39 is 18.0 Å². The van der Waals surface area contributed by atoms with E-state index in [-0.39, 0.29) is 13.4 Å². The van der Waals surface area contributed by atoms with Gasteiger partial charge in [0, 0.05) is 11.3 Å². The average molecular weight is 396 g/mol. The Morgan fingerprint density at radius 2 is 1.97 bits per heavy atom. The number of ether oxygens (including phenoxy) is 4. The molecule has 2 aliphatic rings. The Bertz CT molecular complexity index is 1000. The van der Waals surface area contributed by atoms with Crippen molar-refractivity contribution in [2.24, 2.45) is 0 Å². The van der Waals surface area contributed by atoms with Gasteiger partial charge in [-0.3, -0.25) is 0 Å². The zero-order valence-corrected chi connectivity index (χ0v) is 16.0. The fourth-order valence-corrected chi connectivity index (χ4v) is 3.36. The van der Waals surface area contributed by atoms with Crippen molar-refractivity contribution in [1.82, 2.24) is 10.6 Å². The number of esters is 1. The standard InChI is InChI=1S/C21H20N2O6/c1-12-18(19(23-21(25)22-12)14-5-3-4-6-15(14)26-2)20(24)27-10-13-7-8-16-17(9-13)29-11-28-16/h3-9,19H,10-11H2,1-2H3,(H2,22,23,25)/t19-/m0/s1. The smallest absolute Gasteiger partial charge is 0.338 e. The quantitative estimate of drug-likeness (QED) is 0.755. The number of urea groups is 1. The normalized spacial score (nSPS) is 17.4. The van der Waals surface area contributed by atoms with Crippen LogP contribution in [0.3, 0.4) is 0 Å². The Labute approximate surface area is 167 Å². The fraction of sp³-hybridized carbons (Fsp3) is 0.238. The van der Waals surface area contributed by atoms with Crippen LogP contribution in [-0.4, -0.2) is 25.9 Å². The largest absolute Gasteiger partial charge is 0.496 e. The summed E-state index contributed by atoms with van der Waals surface area (Å²) in [5.74, 6) is 1.30. The van der Waals surface area contributed by atoms with Gasteiger partial charge in [-0.2, -0.15) is 0 Å². The van der Waals surface area contributed by atoms with Gasteiger partial charge in [0.05, 0.1) is 18.7 Å². The molecule has 0 spiro atoms. The molecule has 0 saturated carbocycles. The summed E-state index contributed by atoms with van der Waals surface area (Å²) in [6.07, 6.45) is 0. The van der Waals surface area contributed by atoms with Crippen LogP contribution >= 0.6 is 0 Å². The van der Waals surface area contributed by atoms with Gasteiger partial charge in [-0.05, 0) is 30.7 Å². The number of hydrogen-bond donors (Lipinski definition) is 2. The van der Waals surface area contributed by atoms with Gasteiger partial charge in [0.25, 0.3) is 0 Å². The molecule has 2 aliphatic heterocycles. The lowest BCUT2D eigenvalue weighted by Crippen LogP contribution is -2.45. The van der Waals surface area contributed by atoms with Crippen molar-refractivity contribution in [2.75, 3.05) is 13.9 Å². The van der Waals surface area contributed by atoms with Crippen molar-refractivity contribution in [3.05, 3.63) is 64.9 Å². The van der Waals surface area contributed by atoms with Gasteiger partial charge in [0.15, 0.2) is 11.5 Å². The van der Waals surface area contributed by atoms with Crippen LogP contribution in [0.2, 0.25) is 0 Å². The Hall–Kier alpha value is -3.68. The minimum atomic E-state index is -0.691. The number of nitrogens with one attached hydrogen (secondary N) is 2. The van der Waals surface area contributed by atoms with Crippen LogP contribution in [0.4, 0.5) is 4.79 Å². The van der Waals surface area contributed by atoms with Crippen LogP contribution < -0.4 is 24.8 Å². The first-order valence-electron chi connectivity index (χ1n) is 9.03. The predicted octanol–water partition coefficient (Wildman–Crippen LogP) is 2.80. The topological polar surface area (TPSA) is 95.1 Å². The SMILES string of the molecule is COc1ccccc1[C@@H]1NC(=O)NC(C)=C1C(=O)OCc1ccc2c(c1)OCO2. The maximum atomic E-state index is 12.9. The number of methoxy groups -OCH3 is 1. The van der Waals surface area contributed by atoms with Crippen LogP contribution in [0, 0.1) is 0 Å². The second-order valence-electron chi connectivity index (χ2n) is 6.58. The van der Waals surface area contributed by atoms with Crippen LogP contribution in [-0.2, 0) is 16.1 Å². The van der Waals surface area contributed by atoms with Crippen molar-refractivity contribution in [3.8, 4) is 17.2 Å².